The zero-order valence-electron chi connectivity index (χ0n) is 19.9. The molecule has 0 fully saturated rings. The minimum absolute atomic E-state index is 0.00639. The number of carbonyl (C=O) groups excluding carboxylic acids is 1. The van der Waals surface area contributed by atoms with Crippen LogP contribution in [0.5, 0.6) is 0 Å². The first-order valence-electron chi connectivity index (χ1n) is 11.4. The summed E-state index contributed by atoms with van der Waals surface area (Å²) in [6, 6.07) is 17.9. The van der Waals surface area contributed by atoms with E-state index >= 15 is 0 Å². The molecule has 0 radical (unpaired) electrons. The van der Waals surface area contributed by atoms with Gasteiger partial charge in [-0.05, 0) is 41.7 Å². The van der Waals surface area contributed by atoms with Gasteiger partial charge >= 0.3 is 0 Å². The van der Waals surface area contributed by atoms with Crippen molar-refractivity contribution in [3.8, 4) is 6.07 Å². The van der Waals surface area contributed by atoms with Crippen LogP contribution in [0, 0.1) is 23.2 Å². The second kappa shape index (κ2) is 11.0. The fraction of sp³-hybridized carbons (Fsp3) is 0.333. The number of amides is 1. The number of sulfone groups is 1. The van der Waals surface area contributed by atoms with Crippen molar-refractivity contribution >= 4 is 44.5 Å². The van der Waals surface area contributed by atoms with Crippen LogP contribution in [-0.4, -0.2) is 25.6 Å². The molecule has 2 aromatic carbocycles. The van der Waals surface area contributed by atoms with Crippen LogP contribution < -0.4 is 5.32 Å². The maximum absolute atomic E-state index is 13.2. The van der Waals surface area contributed by atoms with Gasteiger partial charge in [0.1, 0.15) is 5.92 Å². The SMILES string of the molecule is CCS(=O)(=O)c1ccc(CC(=O)NC2(CC(C)C)C=C(Cl)C(c3ccccc3)=C(Cl)C2C#N)cc1. The van der Waals surface area contributed by atoms with E-state index in [2.05, 4.69) is 11.4 Å². The lowest BCUT2D eigenvalue weighted by molar-refractivity contribution is -0.122. The summed E-state index contributed by atoms with van der Waals surface area (Å²) in [4.78, 5) is 13.4. The molecule has 2 atom stereocenters. The van der Waals surface area contributed by atoms with E-state index in [1.54, 1.807) is 25.1 Å². The topological polar surface area (TPSA) is 87.0 Å². The van der Waals surface area contributed by atoms with E-state index < -0.39 is 21.3 Å². The first kappa shape index (κ1) is 27.0. The van der Waals surface area contributed by atoms with Gasteiger partial charge in [-0.3, -0.25) is 4.79 Å². The molecule has 8 heteroatoms. The van der Waals surface area contributed by atoms with Crippen molar-refractivity contribution in [2.75, 3.05) is 5.75 Å². The Labute approximate surface area is 217 Å². The highest BCUT2D eigenvalue weighted by molar-refractivity contribution is 7.91. The molecule has 1 aliphatic carbocycles. The molecule has 0 heterocycles. The standard InChI is InChI=1S/C27H28Cl2N2O3S/c1-4-35(33,34)21-12-10-19(11-13-21)14-24(32)31-27(15-18(2)3)16-23(28)25(26(29)22(27)17-30)20-8-6-5-7-9-20/h5-13,16,18,22H,4,14-15H2,1-3H3,(H,31,32). The van der Waals surface area contributed by atoms with Crippen LogP contribution in [-0.2, 0) is 21.1 Å². The monoisotopic (exact) mass is 530 g/mol. The van der Waals surface area contributed by atoms with E-state index in [1.165, 1.54) is 12.1 Å². The fourth-order valence-electron chi connectivity index (χ4n) is 4.40. The number of nitrogens with zero attached hydrogens (tertiary/aromatic N) is 1. The number of carbonyl (C=O) groups is 1. The Morgan fingerprint density at radius 3 is 2.29 bits per heavy atom. The number of rotatable bonds is 8. The largest absolute Gasteiger partial charge is 0.345 e. The molecule has 1 aliphatic rings. The molecule has 35 heavy (non-hydrogen) atoms. The van der Waals surface area contributed by atoms with E-state index in [9.17, 15) is 18.5 Å². The summed E-state index contributed by atoms with van der Waals surface area (Å²) in [5.74, 6) is -1.00. The molecule has 2 unspecified atom stereocenters. The molecule has 5 nitrogen and oxygen atoms in total. The lowest BCUT2D eigenvalue weighted by atomic mass is 9.73. The highest BCUT2D eigenvalue weighted by Gasteiger charge is 2.45. The number of nitriles is 1. The summed E-state index contributed by atoms with van der Waals surface area (Å²) in [5.41, 5.74) is 0.952. The fourth-order valence-corrected chi connectivity index (χ4v) is 6.19. The predicted molar refractivity (Wildman–Crippen MR) is 140 cm³/mol. The van der Waals surface area contributed by atoms with Gasteiger partial charge in [-0.2, -0.15) is 5.26 Å². The summed E-state index contributed by atoms with van der Waals surface area (Å²) in [5, 5.41) is 13.9. The molecular weight excluding hydrogens is 503 g/mol. The molecular formula is C27H28Cl2N2O3S. The van der Waals surface area contributed by atoms with Crippen molar-refractivity contribution in [2.45, 2.75) is 44.0 Å². The van der Waals surface area contributed by atoms with Crippen molar-refractivity contribution in [1.82, 2.24) is 5.32 Å². The average Bonchev–Trinajstić information content (AvgIpc) is 2.79. The van der Waals surface area contributed by atoms with Gasteiger partial charge < -0.3 is 5.32 Å². The van der Waals surface area contributed by atoms with Gasteiger partial charge in [0.25, 0.3) is 0 Å². The summed E-state index contributed by atoms with van der Waals surface area (Å²) in [6.07, 6.45) is 2.22. The van der Waals surface area contributed by atoms with Crippen LogP contribution in [0.2, 0.25) is 0 Å². The van der Waals surface area contributed by atoms with E-state index in [0.29, 0.717) is 27.6 Å². The number of allylic oxidation sites excluding steroid dienone is 2. The third-order valence-corrected chi connectivity index (χ3v) is 8.42. The lowest BCUT2D eigenvalue weighted by Crippen LogP contribution is -2.54. The van der Waals surface area contributed by atoms with Crippen molar-refractivity contribution in [1.29, 1.82) is 5.26 Å². The number of halogens is 2. The quantitative estimate of drug-likeness (QED) is 0.463. The summed E-state index contributed by atoms with van der Waals surface area (Å²) in [7, 11) is -3.32. The molecule has 0 saturated carbocycles. The highest BCUT2D eigenvalue weighted by Crippen LogP contribution is 2.46. The Balaban J connectivity index is 1.93. The van der Waals surface area contributed by atoms with E-state index in [0.717, 1.165) is 5.56 Å². The van der Waals surface area contributed by atoms with Gasteiger partial charge in [-0.25, -0.2) is 8.42 Å². The molecule has 184 valence electrons. The molecule has 0 aromatic heterocycles. The van der Waals surface area contributed by atoms with Crippen LogP contribution in [0.3, 0.4) is 0 Å². The first-order valence-corrected chi connectivity index (χ1v) is 13.8. The Hall–Kier alpha value is -2.59. The van der Waals surface area contributed by atoms with Gasteiger partial charge in [-0.1, -0.05) is 86.4 Å². The second-order valence-electron chi connectivity index (χ2n) is 9.05. The van der Waals surface area contributed by atoms with E-state index in [-0.39, 0.29) is 28.9 Å². The van der Waals surface area contributed by atoms with Gasteiger partial charge in [0.05, 0.1) is 28.7 Å². The van der Waals surface area contributed by atoms with Gasteiger partial charge in [0, 0.05) is 15.6 Å². The summed E-state index contributed by atoms with van der Waals surface area (Å²) >= 11 is 13.5. The van der Waals surface area contributed by atoms with Crippen LogP contribution in [0.25, 0.3) is 5.57 Å². The average molecular weight is 532 g/mol. The Kier molecular flexibility index (Phi) is 8.48. The third-order valence-electron chi connectivity index (χ3n) is 5.97. The minimum Gasteiger partial charge on any atom is -0.345 e. The second-order valence-corrected chi connectivity index (χ2v) is 12.1. The number of hydrogen-bond acceptors (Lipinski definition) is 4. The van der Waals surface area contributed by atoms with Crippen molar-refractivity contribution in [2.24, 2.45) is 11.8 Å². The van der Waals surface area contributed by atoms with Gasteiger partial charge in [0.2, 0.25) is 5.91 Å². The highest BCUT2D eigenvalue weighted by atomic mass is 35.5. The molecule has 2 aromatic rings. The molecule has 0 spiro atoms. The zero-order valence-corrected chi connectivity index (χ0v) is 22.2. The van der Waals surface area contributed by atoms with E-state index in [4.69, 9.17) is 23.2 Å². The Morgan fingerprint density at radius 2 is 1.74 bits per heavy atom. The lowest BCUT2D eigenvalue weighted by Gasteiger charge is -2.41. The van der Waals surface area contributed by atoms with Crippen molar-refractivity contribution < 1.29 is 13.2 Å². The molecule has 0 saturated heterocycles. The molecule has 0 bridgehead atoms. The molecule has 3 rings (SSSR count). The van der Waals surface area contributed by atoms with Gasteiger partial charge in [0.15, 0.2) is 9.84 Å². The normalized spacial score (nSPS) is 20.4. The number of hydrogen-bond donors (Lipinski definition) is 1. The smallest absolute Gasteiger partial charge is 0.225 e. The van der Waals surface area contributed by atoms with Gasteiger partial charge in [-0.15, -0.1) is 0 Å². The third kappa shape index (κ3) is 5.98. The van der Waals surface area contributed by atoms with Crippen LogP contribution in [0.1, 0.15) is 38.3 Å². The zero-order chi connectivity index (χ0) is 25.8. The van der Waals surface area contributed by atoms with Crippen molar-refractivity contribution in [3.05, 3.63) is 81.9 Å². The van der Waals surface area contributed by atoms with Crippen LogP contribution >= 0.6 is 23.2 Å². The predicted octanol–water partition coefficient (Wildman–Crippen LogP) is 5.85. The van der Waals surface area contributed by atoms with Crippen LogP contribution in [0.4, 0.5) is 0 Å². The number of nitrogens with one attached hydrogen (secondary N) is 1. The molecule has 1 N–H and O–H groups in total. The maximum atomic E-state index is 13.2. The van der Waals surface area contributed by atoms with Crippen molar-refractivity contribution in [3.63, 3.8) is 0 Å². The van der Waals surface area contributed by atoms with Crippen LogP contribution in [0.15, 0.2) is 75.6 Å². The summed E-state index contributed by atoms with van der Waals surface area (Å²) in [6.45, 7) is 5.59. The molecule has 1 amide bonds. The Morgan fingerprint density at radius 1 is 1.11 bits per heavy atom. The Bertz CT molecular complexity index is 1290. The van der Waals surface area contributed by atoms with E-state index in [1.807, 2.05) is 44.2 Å². The minimum atomic E-state index is -3.32. The maximum Gasteiger partial charge on any atom is 0.225 e. The first-order chi connectivity index (χ1) is 16.5. The number of benzene rings is 2. The molecule has 0 aliphatic heterocycles. The summed E-state index contributed by atoms with van der Waals surface area (Å²) < 4.78 is 24.1.